The number of hydrogen-bond donors (Lipinski definition) is 0. The van der Waals surface area contributed by atoms with Gasteiger partial charge in [-0.05, 0) is 75.5 Å². The van der Waals surface area contributed by atoms with E-state index in [0.717, 1.165) is 72.6 Å². The average Bonchev–Trinajstić information content (AvgIpc) is 3.46. The van der Waals surface area contributed by atoms with Crippen LogP contribution in [0.4, 0.5) is 0 Å². The molecule has 2 heterocycles. The van der Waals surface area contributed by atoms with E-state index in [1.165, 1.54) is 10.8 Å². The summed E-state index contributed by atoms with van der Waals surface area (Å²) in [5.41, 5.74) is 12.4. The van der Waals surface area contributed by atoms with E-state index in [-0.39, 0.29) is 0 Å². The number of hydrogen-bond acceptors (Lipinski definition) is 3. The maximum Gasteiger partial charge on any atom is 0.281 e. The summed E-state index contributed by atoms with van der Waals surface area (Å²) in [5, 5.41) is 2.36. The van der Waals surface area contributed by atoms with Gasteiger partial charge in [-0.1, -0.05) is 109 Å². The lowest BCUT2D eigenvalue weighted by molar-refractivity contribution is 0.742. The molecule has 1 atom stereocenters. The van der Waals surface area contributed by atoms with Gasteiger partial charge in [-0.2, -0.15) is 0 Å². The smallest absolute Gasteiger partial charge is 0.281 e. The van der Waals surface area contributed by atoms with Gasteiger partial charge in [-0.3, -0.25) is 4.98 Å². The molecule has 0 saturated carbocycles. The van der Waals surface area contributed by atoms with E-state index in [2.05, 4.69) is 114 Å². The Balaban J connectivity index is 1.26. The number of pyridine rings is 1. The Morgan fingerprint density at radius 2 is 1.18 bits per heavy atom. The van der Waals surface area contributed by atoms with E-state index in [9.17, 15) is 0 Å². The SMILES string of the molecule is [C-]#[N+]C1(C)c2cc(-c3cc(-c4cccnc4)cc(-c4cc(-c5ccccc5)nc(-c5ccccc5)n4)c3)ccc2-c2c1ccc1ccccc21. The summed E-state index contributed by atoms with van der Waals surface area (Å²) in [7, 11) is 0. The normalized spacial score (nSPS) is 14.6. The molecular formula is C46H30N4. The minimum atomic E-state index is -0.795. The van der Waals surface area contributed by atoms with Crippen LogP contribution in [0.15, 0.2) is 164 Å². The molecule has 2 aromatic heterocycles. The zero-order valence-electron chi connectivity index (χ0n) is 27.4. The van der Waals surface area contributed by atoms with Crippen LogP contribution in [0.5, 0.6) is 0 Å². The second-order valence-corrected chi connectivity index (χ2v) is 12.9. The monoisotopic (exact) mass is 638 g/mol. The first kappa shape index (κ1) is 29.4. The molecule has 0 bridgehead atoms. The van der Waals surface area contributed by atoms with Crippen molar-refractivity contribution in [3.05, 3.63) is 187 Å². The summed E-state index contributed by atoms with van der Waals surface area (Å²) in [4.78, 5) is 18.9. The largest absolute Gasteiger partial charge is 0.300 e. The third-order valence-electron chi connectivity index (χ3n) is 9.88. The third-order valence-corrected chi connectivity index (χ3v) is 9.88. The van der Waals surface area contributed by atoms with Crippen LogP contribution in [0.1, 0.15) is 18.1 Å². The second-order valence-electron chi connectivity index (χ2n) is 12.9. The lowest BCUT2D eigenvalue weighted by Crippen LogP contribution is -2.15. The van der Waals surface area contributed by atoms with Crippen molar-refractivity contribution in [2.45, 2.75) is 12.5 Å². The van der Waals surface area contributed by atoms with Gasteiger partial charge in [0.1, 0.15) is 0 Å². The van der Waals surface area contributed by atoms with Crippen molar-refractivity contribution in [2.24, 2.45) is 0 Å². The number of rotatable bonds is 5. The van der Waals surface area contributed by atoms with Crippen molar-refractivity contribution in [2.75, 3.05) is 0 Å². The highest BCUT2D eigenvalue weighted by Crippen LogP contribution is 2.53. The van der Waals surface area contributed by atoms with Gasteiger partial charge >= 0.3 is 0 Å². The number of aromatic nitrogens is 3. The van der Waals surface area contributed by atoms with E-state index in [1.807, 2.05) is 60.8 Å². The molecule has 1 aliphatic carbocycles. The van der Waals surface area contributed by atoms with Gasteiger partial charge in [0, 0.05) is 58.3 Å². The Bertz CT molecular complexity index is 2550. The second kappa shape index (κ2) is 11.8. The van der Waals surface area contributed by atoms with Crippen molar-refractivity contribution >= 4 is 10.8 Å². The highest BCUT2D eigenvalue weighted by molar-refractivity contribution is 6.03. The van der Waals surface area contributed by atoms with E-state index >= 15 is 0 Å². The van der Waals surface area contributed by atoms with Crippen molar-refractivity contribution in [3.8, 4) is 67.3 Å². The van der Waals surface area contributed by atoms with Crippen LogP contribution in [0, 0.1) is 6.57 Å². The molecule has 6 aromatic carbocycles. The topological polar surface area (TPSA) is 43.0 Å². The molecule has 0 radical (unpaired) electrons. The lowest BCUT2D eigenvalue weighted by atomic mass is 9.88. The van der Waals surface area contributed by atoms with Gasteiger partial charge in [0.05, 0.1) is 11.4 Å². The van der Waals surface area contributed by atoms with Crippen LogP contribution >= 0.6 is 0 Å². The molecular weight excluding hydrogens is 609 g/mol. The van der Waals surface area contributed by atoms with E-state index in [4.69, 9.17) is 16.5 Å². The summed E-state index contributed by atoms with van der Waals surface area (Å²) in [6.07, 6.45) is 3.69. The number of fused-ring (bicyclic) bond motifs is 5. The summed E-state index contributed by atoms with van der Waals surface area (Å²) in [5.74, 6) is 0.672. The summed E-state index contributed by atoms with van der Waals surface area (Å²) < 4.78 is 0. The van der Waals surface area contributed by atoms with Gasteiger partial charge in [0.25, 0.3) is 5.54 Å². The van der Waals surface area contributed by atoms with Crippen LogP contribution in [0.25, 0.3) is 82.9 Å². The summed E-state index contributed by atoms with van der Waals surface area (Å²) in [6.45, 7) is 10.5. The first-order valence-corrected chi connectivity index (χ1v) is 16.7. The quantitative estimate of drug-likeness (QED) is 0.176. The minimum absolute atomic E-state index is 0.672. The first-order chi connectivity index (χ1) is 24.6. The van der Waals surface area contributed by atoms with Crippen LogP contribution in [-0.4, -0.2) is 15.0 Å². The van der Waals surface area contributed by atoms with Gasteiger partial charge in [0.2, 0.25) is 0 Å². The molecule has 0 spiro atoms. The summed E-state index contributed by atoms with van der Waals surface area (Å²) >= 11 is 0. The van der Waals surface area contributed by atoms with Crippen LogP contribution in [0.2, 0.25) is 0 Å². The zero-order valence-corrected chi connectivity index (χ0v) is 27.4. The van der Waals surface area contributed by atoms with Crippen molar-refractivity contribution < 1.29 is 0 Å². The predicted octanol–water partition coefficient (Wildman–Crippen LogP) is 11.5. The average molecular weight is 639 g/mol. The molecule has 234 valence electrons. The Labute approximate surface area is 291 Å². The maximum atomic E-state index is 8.42. The molecule has 0 amide bonds. The molecule has 1 unspecified atom stereocenters. The molecule has 0 saturated heterocycles. The van der Waals surface area contributed by atoms with Crippen LogP contribution in [-0.2, 0) is 5.54 Å². The highest BCUT2D eigenvalue weighted by atomic mass is 14.9. The van der Waals surface area contributed by atoms with Crippen molar-refractivity contribution in [3.63, 3.8) is 0 Å². The number of benzene rings is 6. The highest BCUT2D eigenvalue weighted by Gasteiger charge is 2.46. The van der Waals surface area contributed by atoms with E-state index < -0.39 is 5.54 Å². The maximum absolute atomic E-state index is 8.42. The molecule has 0 fully saturated rings. The van der Waals surface area contributed by atoms with E-state index in [1.54, 1.807) is 6.20 Å². The van der Waals surface area contributed by atoms with Crippen LogP contribution < -0.4 is 0 Å². The van der Waals surface area contributed by atoms with Gasteiger partial charge in [0.15, 0.2) is 5.82 Å². The van der Waals surface area contributed by atoms with Gasteiger partial charge < -0.3 is 4.85 Å². The molecule has 0 N–H and O–H groups in total. The van der Waals surface area contributed by atoms with Gasteiger partial charge in [-0.15, -0.1) is 0 Å². The fourth-order valence-electron chi connectivity index (χ4n) is 7.29. The molecule has 4 nitrogen and oxygen atoms in total. The first-order valence-electron chi connectivity index (χ1n) is 16.7. The molecule has 0 aliphatic heterocycles. The zero-order chi connectivity index (χ0) is 33.7. The Morgan fingerprint density at radius 1 is 0.520 bits per heavy atom. The molecule has 9 rings (SSSR count). The predicted molar refractivity (Wildman–Crippen MR) is 203 cm³/mol. The third kappa shape index (κ3) is 4.87. The standard InChI is InChI=1S/C46H30N4/c1-46(47-2)40-22-20-30-12-9-10-18-38(30)44(40)39-21-19-33(27-41(39)46)35-24-36(34-17-11-23-48-29-34)26-37(25-35)43-28-42(31-13-5-3-6-14-31)49-45(50-43)32-15-7-4-8-16-32/h3-29H,1H3. The minimum Gasteiger partial charge on any atom is -0.300 e. The van der Waals surface area contributed by atoms with Crippen LogP contribution in [0.3, 0.4) is 0 Å². The van der Waals surface area contributed by atoms with Crippen molar-refractivity contribution in [1.82, 2.24) is 15.0 Å². The lowest BCUT2D eigenvalue weighted by Gasteiger charge is -2.16. The Hall–Kier alpha value is -6.70. The Morgan fingerprint density at radius 3 is 1.92 bits per heavy atom. The molecule has 4 heteroatoms. The fraction of sp³-hybridized carbons (Fsp3) is 0.0435. The molecule has 1 aliphatic rings. The summed E-state index contributed by atoms with van der Waals surface area (Å²) in [6, 6.07) is 52.5. The Kier molecular flexibility index (Phi) is 6.93. The molecule has 8 aromatic rings. The number of nitrogens with zero attached hydrogens (tertiary/aromatic N) is 4. The fourth-order valence-corrected chi connectivity index (χ4v) is 7.29. The van der Waals surface area contributed by atoms with Crippen molar-refractivity contribution in [1.29, 1.82) is 0 Å². The molecule has 50 heavy (non-hydrogen) atoms. The van der Waals surface area contributed by atoms with Gasteiger partial charge in [-0.25, -0.2) is 16.5 Å². The van der Waals surface area contributed by atoms with E-state index in [0.29, 0.717) is 5.82 Å².